The maximum absolute atomic E-state index is 11.8. The first-order valence-electron chi connectivity index (χ1n) is 7.84. The number of benzene rings is 1. The second-order valence-corrected chi connectivity index (χ2v) is 5.89. The van der Waals surface area contributed by atoms with Crippen molar-refractivity contribution < 1.29 is 4.79 Å². The van der Waals surface area contributed by atoms with Crippen molar-refractivity contribution in [2.45, 2.75) is 19.4 Å². The average Bonchev–Trinajstić information content (AvgIpc) is 3.20. The van der Waals surface area contributed by atoms with Crippen molar-refractivity contribution in [2.75, 3.05) is 19.6 Å². The molecule has 2 aromatic rings. The van der Waals surface area contributed by atoms with Gasteiger partial charge in [0.1, 0.15) is 5.69 Å². The number of rotatable bonds is 6. The van der Waals surface area contributed by atoms with Crippen LogP contribution in [0.5, 0.6) is 0 Å². The van der Waals surface area contributed by atoms with Crippen molar-refractivity contribution in [3.05, 3.63) is 54.1 Å². The quantitative estimate of drug-likeness (QED) is 0.858. The third-order valence-corrected chi connectivity index (χ3v) is 4.20. The molecule has 0 radical (unpaired) electrons. The predicted molar refractivity (Wildman–Crippen MR) is 85.4 cm³/mol. The van der Waals surface area contributed by atoms with Crippen molar-refractivity contribution >= 4 is 5.91 Å². The number of carbonyl (C=O) groups is 1. The normalized spacial score (nSPS) is 18.5. The van der Waals surface area contributed by atoms with Crippen LogP contribution < -0.4 is 5.32 Å². The molecule has 0 bridgehead atoms. The number of aromatic amines is 1. The minimum atomic E-state index is -0.0726. The summed E-state index contributed by atoms with van der Waals surface area (Å²) >= 11 is 0. The summed E-state index contributed by atoms with van der Waals surface area (Å²) in [6, 6.07) is 10.6. The Hall–Kier alpha value is -2.14. The minimum absolute atomic E-state index is 0.0726. The van der Waals surface area contributed by atoms with Gasteiger partial charge in [-0.1, -0.05) is 30.3 Å². The zero-order chi connectivity index (χ0) is 15.2. The summed E-state index contributed by atoms with van der Waals surface area (Å²) in [6.45, 7) is 4.02. The first-order chi connectivity index (χ1) is 10.8. The highest BCUT2D eigenvalue weighted by Gasteiger charge is 2.22. The monoisotopic (exact) mass is 298 g/mol. The number of aromatic nitrogens is 2. The van der Waals surface area contributed by atoms with Crippen LogP contribution in [0.25, 0.3) is 0 Å². The molecule has 1 saturated heterocycles. The average molecular weight is 298 g/mol. The SMILES string of the molecule is O=C(NCCC1CCN(Cc2ccccc2)C1)c1cnc[nH]1. The molecule has 3 rings (SSSR count). The molecule has 1 aliphatic heterocycles. The minimum Gasteiger partial charge on any atom is -0.351 e. The van der Waals surface area contributed by atoms with Gasteiger partial charge in [0.25, 0.3) is 5.91 Å². The third kappa shape index (κ3) is 3.95. The molecule has 5 heteroatoms. The van der Waals surface area contributed by atoms with E-state index in [9.17, 15) is 4.79 Å². The largest absolute Gasteiger partial charge is 0.351 e. The van der Waals surface area contributed by atoms with Crippen molar-refractivity contribution in [2.24, 2.45) is 5.92 Å². The van der Waals surface area contributed by atoms with Crippen molar-refractivity contribution in [3.8, 4) is 0 Å². The zero-order valence-electron chi connectivity index (χ0n) is 12.7. The molecule has 1 aromatic heterocycles. The van der Waals surface area contributed by atoms with Gasteiger partial charge in [0.05, 0.1) is 12.5 Å². The van der Waals surface area contributed by atoms with Crippen molar-refractivity contribution in [1.82, 2.24) is 20.2 Å². The van der Waals surface area contributed by atoms with Gasteiger partial charge in [0.2, 0.25) is 0 Å². The Bertz CT molecular complexity index is 582. The Morgan fingerprint density at radius 2 is 2.23 bits per heavy atom. The topological polar surface area (TPSA) is 61.0 Å². The summed E-state index contributed by atoms with van der Waals surface area (Å²) in [5.41, 5.74) is 1.90. The summed E-state index contributed by atoms with van der Waals surface area (Å²) in [6.07, 6.45) is 5.32. The van der Waals surface area contributed by atoms with E-state index in [1.165, 1.54) is 18.3 Å². The molecule has 1 amide bonds. The molecule has 2 heterocycles. The van der Waals surface area contributed by atoms with E-state index in [2.05, 4.69) is 50.5 Å². The molecular formula is C17H22N4O. The standard InChI is InChI=1S/C17H22N4O/c22-17(16-10-18-13-20-16)19-8-6-15-7-9-21(12-15)11-14-4-2-1-3-5-14/h1-5,10,13,15H,6-9,11-12H2,(H,18,20)(H,19,22). The summed E-state index contributed by atoms with van der Waals surface area (Å²) in [5, 5.41) is 2.95. The summed E-state index contributed by atoms with van der Waals surface area (Å²) in [5.74, 6) is 0.599. The predicted octanol–water partition coefficient (Wildman–Crippen LogP) is 2.05. The van der Waals surface area contributed by atoms with Gasteiger partial charge >= 0.3 is 0 Å². The van der Waals surface area contributed by atoms with Crippen LogP contribution in [0.2, 0.25) is 0 Å². The van der Waals surface area contributed by atoms with E-state index in [-0.39, 0.29) is 5.91 Å². The molecule has 0 saturated carbocycles. The van der Waals surface area contributed by atoms with Crippen LogP contribution in [-0.4, -0.2) is 40.4 Å². The van der Waals surface area contributed by atoms with Gasteiger partial charge in [0, 0.05) is 19.6 Å². The zero-order valence-corrected chi connectivity index (χ0v) is 12.7. The lowest BCUT2D eigenvalue weighted by Gasteiger charge is -2.16. The molecule has 1 atom stereocenters. The number of carbonyl (C=O) groups excluding carboxylic acids is 1. The van der Waals surface area contributed by atoms with E-state index >= 15 is 0 Å². The van der Waals surface area contributed by atoms with E-state index in [0.29, 0.717) is 11.6 Å². The Balaban J connectivity index is 1.37. The fourth-order valence-electron chi connectivity index (χ4n) is 3.00. The molecule has 1 aliphatic rings. The Kier molecular flexibility index (Phi) is 4.85. The maximum Gasteiger partial charge on any atom is 0.269 e. The molecule has 22 heavy (non-hydrogen) atoms. The molecular weight excluding hydrogens is 276 g/mol. The van der Waals surface area contributed by atoms with Gasteiger partial charge in [0.15, 0.2) is 0 Å². The van der Waals surface area contributed by atoms with Crippen LogP contribution in [0.4, 0.5) is 0 Å². The van der Waals surface area contributed by atoms with Gasteiger partial charge < -0.3 is 10.3 Å². The number of likely N-dealkylation sites (tertiary alicyclic amines) is 1. The summed E-state index contributed by atoms with van der Waals surface area (Å²) < 4.78 is 0. The molecule has 0 aliphatic carbocycles. The van der Waals surface area contributed by atoms with Gasteiger partial charge in [-0.25, -0.2) is 4.98 Å². The van der Waals surface area contributed by atoms with Crippen LogP contribution in [-0.2, 0) is 6.54 Å². The molecule has 1 fully saturated rings. The van der Waals surface area contributed by atoms with Crippen molar-refractivity contribution in [1.29, 1.82) is 0 Å². The third-order valence-electron chi connectivity index (χ3n) is 4.20. The van der Waals surface area contributed by atoms with E-state index in [1.807, 2.05) is 0 Å². The molecule has 1 aromatic carbocycles. The molecule has 1 unspecified atom stereocenters. The lowest BCUT2D eigenvalue weighted by atomic mass is 10.1. The van der Waals surface area contributed by atoms with Crippen LogP contribution in [0.1, 0.15) is 28.9 Å². The van der Waals surface area contributed by atoms with Gasteiger partial charge in [-0.15, -0.1) is 0 Å². The molecule has 116 valence electrons. The van der Waals surface area contributed by atoms with Gasteiger partial charge in [-0.3, -0.25) is 9.69 Å². The Labute approximate surface area is 130 Å². The summed E-state index contributed by atoms with van der Waals surface area (Å²) in [4.78, 5) is 21.0. The van der Waals surface area contributed by atoms with Gasteiger partial charge in [-0.2, -0.15) is 0 Å². The lowest BCUT2D eigenvalue weighted by Crippen LogP contribution is -2.27. The Morgan fingerprint density at radius 3 is 3.00 bits per heavy atom. The number of imidazole rings is 1. The number of amides is 1. The number of H-pyrrole nitrogens is 1. The van der Waals surface area contributed by atoms with E-state index in [1.54, 1.807) is 6.20 Å². The van der Waals surface area contributed by atoms with Crippen LogP contribution in [0.3, 0.4) is 0 Å². The van der Waals surface area contributed by atoms with E-state index in [0.717, 1.165) is 32.6 Å². The number of hydrogen-bond acceptors (Lipinski definition) is 3. The van der Waals surface area contributed by atoms with E-state index in [4.69, 9.17) is 0 Å². The molecule has 2 N–H and O–H groups in total. The number of nitrogens with zero attached hydrogens (tertiary/aromatic N) is 2. The second-order valence-electron chi connectivity index (χ2n) is 5.89. The summed E-state index contributed by atoms with van der Waals surface area (Å²) in [7, 11) is 0. The van der Waals surface area contributed by atoms with E-state index < -0.39 is 0 Å². The highest BCUT2D eigenvalue weighted by Crippen LogP contribution is 2.21. The highest BCUT2D eigenvalue weighted by atomic mass is 16.1. The number of hydrogen-bond donors (Lipinski definition) is 2. The first kappa shape index (κ1) is 14.8. The van der Waals surface area contributed by atoms with Crippen LogP contribution in [0.15, 0.2) is 42.9 Å². The molecule has 0 spiro atoms. The number of nitrogens with one attached hydrogen (secondary N) is 2. The highest BCUT2D eigenvalue weighted by molar-refractivity contribution is 5.91. The van der Waals surface area contributed by atoms with Crippen molar-refractivity contribution in [3.63, 3.8) is 0 Å². The van der Waals surface area contributed by atoms with Gasteiger partial charge in [-0.05, 0) is 30.9 Å². The fraction of sp³-hybridized carbons (Fsp3) is 0.412. The first-order valence-corrected chi connectivity index (χ1v) is 7.84. The fourth-order valence-corrected chi connectivity index (χ4v) is 3.00. The second kappa shape index (κ2) is 7.22. The lowest BCUT2D eigenvalue weighted by molar-refractivity contribution is 0.0947. The van der Waals surface area contributed by atoms with Crippen LogP contribution >= 0.6 is 0 Å². The molecule has 5 nitrogen and oxygen atoms in total. The Morgan fingerprint density at radius 1 is 1.36 bits per heavy atom. The maximum atomic E-state index is 11.8. The smallest absolute Gasteiger partial charge is 0.269 e. The van der Waals surface area contributed by atoms with Crippen LogP contribution in [0, 0.1) is 5.92 Å².